The monoisotopic (exact) mass is 800 g/mol. The van der Waals surface area contributed by atoms with Crippen LogP contribution in [-0.4, -0.2) is 95.9 Å². The van der Waals surface area contributed by atoms with Gasteiger partial charge in [0.1, 0.15) is 23.6 Å². The summed E-state index contributed by atoms with van der Waals surface area (Å²) in [5, 5.41) is 42.3. The van der Waals surface area contributed by atoms with Gasteiger partial charge in [0.15, 0.2) is 0 Å². The van der Waals surface area contributed by atoms with E-state index in [1.54, 1.807) is 24.3 Å². The van der Waals surface area contributed by atoms with E-state index in [-0.39, 0.29) is 113 Å². The molecule has 0 aliphatic carbocycles. The Balaban J connectivity index is 0. The average Bonchev–Trinajstić information content (AvgIpc) is 3.05. The molecule has 0 spiro atoms. The molecule has 19 heteroatoms. The number of aliphatic hydroxyl groups is 1. The fourth-order valence-corrected chi connectivity index (χ4v) is 5.47. The number of aromatic hydroxyl groups is 2. The first-order chi connectivity index (χ1) is 22.5. The van der Waals surface area contributed by atoms with Gasteiger partial charge in [0.2, 0.25) is 23.6 Å². The number of phenols is 2. The number of nitrogens with two attached hydrogens (primary N) is 4. The predicted molar refractivity (Wildman–Crippen MR) is 205 cm³/mol. The molecule has 0 saturated heterocycles. The van der Waals surface area contributed by atoms with Crippen molar-refractivity contribution in [1.82, 2.24) is 21.3 Å². The summed E-state index contributed by atoms with van der Waals surface area (Å²) < 4.78 is 0. The zero-order valence-electron chi connectivity index (χ0n) is 28.0. The Morgan fingerprint density at radius 2 is 1.39 bits per heavy atom. The zero-order valence-corrected chi connectivity index (χ0v) is 31.3. The van der Waals surface area contributed by atoms with Crippen molar-refractivity contribution in [2.75, 3.05) is 32.8 Å². The Morgan fingerprint density at radius 3 is 1.92 bits per heavy atom. The van der Waals surface area contributed by atoms with Gasteiger partial charge >= 0.3 is 0 Å². The molecule has 15 nitrogen and oxygen atoms in total. The summed E-state index contributed by atoms with van der Waals surface area (Å²) >= 11 is 0. The van der Waals surface area contributed by atoms with E-state index in [1.165, 1.54) is 12.1 Å². The van der Waals surface area contributed by atoms with Gasteiger partial charge in [-0.15, -0.1) is 49.6 Å². The van der Waals surface area contributed by atoms with Crippen LogP contribution in [0.5, 0.6) is 11.5 Å². The van der Waals surface area contributed by atoms with Gasteiger partial charge in [0, 0.05) is 32.0 Å². The summed E-state index contributed by atoms with van der Waals surface area (Å²) in [6.45, 7) is 0.268. The lowest BCUT2D eigenvalue weighted by Gasteiger charge is -2.29. The van der Waals surface area contributed by atoms with E-state index in [2.05, 4.69) is 21.3 Å². The average molecular weight is 803 g/mol. The third-order valence-electron chi connectivity index (χ3n) is 8.17. The molecule has 0 unspecified atom stereocenters. The van der Waals surface area contributed by atoms with Gasteiger partial charge in [0.05, 0.1) is 18.6 Å². The van der Waals surface area contributed by atoms with Crippen molar-refractivity contribution < 1.29 is 34.5 Å². The predicted octanol–water partition coefficient (Wildman–Crippen LogP) is -0.506. The molecule has 4 amide bonds. The Kier molecular flexibility index (Phi) is 24.5. The molecular formula is C32H52Cl4N8O7. The van der Waals surface area contributed by atoms with Crippen molar-refractivity contribution >= 4 is 73.3 Å². The standard InChI is InChI=1S/C32H48N8O7.4ClH/c33-9-1-3-24(22(17-41)29(44)37-12-11-35)38-32(47)26-16-21-14-19(6-8-28(21)43)18-5-7-27(42)20(13-18)15-23(36)30(45)39-25(4-2-10-34)31(46)40-26;;;;/h5-8,13-14,22-26,41-43H,1-4,9-12,15-17,33-36H2,(H,37,44)(H,38,47)(H,39,45)(H,40,46);4*1H/t22-,23+,24+,25+,26+;;;;/m1..../s1. The van der Waals surface area contributed by atoms with Gasteiger partial charge in [-0.1, -0.05) is 12.1 Å². The van der Waals surface area contributed by atoms with Gasteiger partial charge in [-0.05, 0) is 85.3 Å². The molecule has 4 bridgehead atoms. The second-order valence-corrected chi connectivity index (χ2v) is 11.7. The van der Waals surface area contributed by atoms with Crippen LogP contribution in [0.2, 0.25) is 0 Å². The summed E-state index contributed by atoms with van der Waals surface area (Å²) in [5.41, 5.74) is 25.2. The fraction of sp³-hybridized carbons (Fsp3) is 0.500. The van der Waals surface area contributed by atoms with Crippen molar-refractivity contribution in [3.05, 3.63) is 47.5 Å². The molecule has 0 saturated carbocycles. The highest BCUT2D eigenvalue weighted by Crippen LogP contribution is 2.31. The maximum Gasteiger partial charge on any atom is 0.243 e. The lowest BCUT2D eigenvalue weighted by atomic mass is 9.93. The van der Waals surface area contributed by atoms with Crippen LogP contribution in [0.3, 0.4) is 0 Å². The SMILES string of the molecule is Cl.Cl.Cl.Cl.NCCC[C@@H]1NC(=O)[C@@H](N)Cc2cc(ccc2O)-c2ccc(O)c(c2)C[C@@H](C(=O)N[C@@H](CCCN)[C@@H](CO)C(=O)NCCN)NC1=O. The first kappa shape index (κ1) is 50.0. The summed E-state index contributed by atoms with van der Waals surface area (Å²) in [4.78, 5) is 53.7. The molecule has 1 aliphatic rings. The highest BCUT2D eigenvalue weighted by Gasteiger charge is 2.33. The summed E-state index contributed by atoms with van der Waals surface area (Å²) in [6.07, 6.45) is 0.986. The van der Waals surface area contributed by atoms with Crippen molar-refractivity contribution in [1.29, 1.82) is 0 Å². The van der Waals surface area contributed by atoms with Crippen LogP contribution in [-0.2, 0) is 32.0 Å². The van der Waals surface area contributed by atoms with Crippen molar-refractivity contribution in [2.24, 2.45) is 28.9 Å². The topological polar surface area (TPSA) is 281 Å². The van der Waals surface area contributed by atoms with E-state index < -0.39 is 60.3 Å². The highest BCUT2D eigenvalue weighted by molar-refractivity contribution is 5.94. The number of phenolic OH excluding ortho intramolecular Hbond substituents is 2. The number of aliphatic hydroxyl groups excluding tert-OH is 1. The van der Waals surface area contributed by atoms with Crippen LogP contribution in [0.15, 0.2) is 36.4 Å². The number of fused-ring (bicyclic) bond motifs is 5. The molecule has 290 valence electrons. The number of rotatable bonds is 13. The first-order valence-corrected chi connectivity index (χ1v) is 15.8. The van der Waals surface area contributed by atoms with E-state index >= 15 is 0 Å². The third-order valence-corrected chi connectivity index (χ3v) is 8.17. The van der Waals surface area contributed by atoms with Crippen molar-refractivity contribution in [3.63, 3.8) is 0 Å². The third kappa shape index (κ3) is 14.4. The smallest absolute Gasteiger partial charge is 0.243 e. The second kappa shape index (κ2) is 25.0. The molecule has 0 fully saturated rings. The molecule has 51 heavy (non-hydrogen) atoms. The molecule has 5 atom stereocenters. The van der Waals surface area contributed by atoms with Crippen LogP contribution in [0.4, 0.5) is 0 Å². The van der Waals surface area contributed by atoms with Gasteiger partial charge in [-0.3, -0.25) is 19.2 Å². The molecule has 1 aliphatic heterocycles. The Labute approximate surface area is 322 Å². The van der Waals surface area contributed by atoms with Crippen LogP contribution in [0.25, 0.3) is 11.1 Å². The van der Waals surface area contributed by atoms with Gasteiger partial charge in [-0.2, -0.15) is 0 Å². The van der Waals surface area contributed by atoms with Gasteiger partial charge < -0.3 is 59.5 Å². The van der Waals surface area contributed by atoms with E-state index in [0.29, 0.717) is 35.1 Å². The van der Waals surface area contributed by atoms with Crippen LogP contribution >= 0.6 is 49.6 Å². The van der Waals surface area contributed by atoms with Crippen molar-refractivity contribution in [2.45, 2.75) is 62.7 Å². The fourth-order valence-electron chi connectivity index (χ4n) is 5.47. The number of hydrogen-bond acceptors (Lipinski definition) is 11. The maximum absolute atomic E-state index is 14.0. The molecular weight excluding hydrogens is 750 g/mol. The number of amides is 4. The lowest BCUT2D eigenvalue weighted by Crippen LogP contribution is -2.58. The Hall–Kier alpha value is -3.12. The number of carbonyl (C=O) groups is 4. The largest absolute Gasteiger partial charge is 0.508 e. The zero-order chi connectivity index (χ0) is 34.5. The van der Waals surface area contributed by atoms with Crippen LogP contribution < -0.4 is 44.2 Å². The Bertz CT molecular complexity index is 1410. The van der Waals surface area contributed by atoms with E-state index in [9.17, 15) is 34.5 Å². The normalized spacial score (nSPS) is 18.2. The van der Waals surface area contributed by atoms with E-state index in [0.717, 1.165) is 0 Å². The minimum atomic E-state index is -1.29. The van der Waals surface area contributed by atoms with Crippen LogP contribution in [0.1, 0.15) is 36.8 Å². The first-order valence-electron chi connectivity index (χ1n) is 15.8. The molecule has 0 aromatic heterocycles. The Morgan fingerprint density at radius 1 is 0.824 bits per heavy atom. The number of nitrogens with one attached hydrogen (secondary N) is 4. The molecule has 3 rings (SSSR count). The summed E-state index contributed by atoms with van der Waals surface area (Å²) in [7, 11) is 0. The van der Waals surface area contributed by atoms with E-state index in [4.69, 9.17) is 22.9 Å². The molecule has 2 aromatic rings. The maximum atomic E-state index is 14.0. The minimum Gasteiger partial charge on any atom is -0.508 e. The molecule has 0 radical (unpaired) electrons. The molecule has 1 heterocycles. The number of hydrogen-bond donors (Lipinski definition) is 11. The van der Waals surface area contributed by atoms with Gasteiger partial charge in [-0.25, -0.2) is 0 Å². The minimum absolute atomic E-state index is 0. The van der Waals surface area contributed by atoms with Gasteiger partial charge in [0.25, 0.3) is 0 Å². The summed E-state index contributed by atoms with van der Waals surface area (Å²) in [6, 6.07) is 5.23. The van der Waals surface area contributed by atoms with Crippen LogP contribution in [0, 0.1) is 5.92 Å². The molecule has 15 N–H and O–H groups in total. The summed E-state index contributed by atoms with van der Waals surface area (Å²) in [5.74, 6) is -3.75. The second-order valence-electron chi connectivity index (χ2n) is 11.7. The highest BCUT2D eigenvalue weighted by atomic mass is 35.5. The van der Waals surface area contributed by atoms with E-state index in [1.807, 2.05) is 0 Å². The quantitative estimate of drug-likeness (QED) is 0.123. The lowest BCUT2D eigenvalue weighted by molar-refractivity contribution is -0.133. The molecule has 2 aromatic carbocycles. The number of carbonyl (C=O) groups excluding carboxylic acids is 4. The number of benzene rings is 2. The van der Waals surface area contributed by atoms with Crippen molar-refractivity contribution in [3.8, 4) is 22.6 Å². The number of halogens is 4.